The zero-order chi connectivity index (χ0) is 13.4. The van der Waals surface area contributed by atoms with Crippen LogP contribution in [0.3, 0.4) is 0 Å². The number of hydrogen-bond donors (Lipinski definition) is 2. The number of rotatable bonds is 1. The van der Waals surface area contributed by atoms with Crippen molar-refractivity contribution in [3.8, 4) is 0 Å². The molecule has 0 unspecified atom stereocenters. The van der Waals surface area contributed by atoms with E-state index in [4.69, 9.17) is 12.2 Å². The van der Waals surface area contributed by atoms with Crippen molar-refractivity contribution < 1.29 is 4.79 Å². The molecule has 1 aliphatic carbocycles. The Labute approximate surface area is 125 Å². The standard InChI is InChI=1S/C14H13BrN2OS/c15-9-6-4-8(5-7-9)13-12-10(16-14(19)17-13)2-1-3-11(12)18/h4-7,13H,1-3H2,(H2,16,17,19)/t13-/m1/s1. The minimum Gasteiger partial charge on any atom is -0.351 e. The first-order chi connectivity index (χ1) is 9.15. The molecule has 1 aromatic rings. The molecule has 19 heavy (non-hydrogen) atoms. The molecule has 1 atom stereocenters. The first kappa shape index (κ1) is 12.8. The van der Waals surface area contributed by atoms with Crippen molar-refractivity contribution in [2.75, 3.05) is 0 Å². The van der Waals surface area contributed by atoms with Gasteiger partial charge in [-0.25, -0.2) is 0 Å². The van der Waals surface area contributed by atoms with Gasteiger partial charge >= 0.3 is 0 Å². The Morgan fingerprint density at radius 2 is 1.95 bits per heavy atom. The molecule has 0 saturated carbocycles. The van der Waals surface area contributed by atoms with Crippen LogP contribution < -0.4 is 10.6 Å². The highest BCUT2D eigenvalue weighted by molar-refractivity contribution is 9.10. The van der Waals surface area contributed by atoms with E-state index in [1.807, 2.05) is 24.3 Å². The average molecular weight is 337 g/mol. The van der Waals surface area contributed by atoms with Crippen molar-refractivity contribution in [2.45, 2.75) is 25.3 Å². The molecule has 0 saturated heterocycles. The molecule has 3 rings (SSSR count). The summed E-state index contributed by atoms with van der Waals surface area (Å²) in [7, 11) is 0. The van der Waals surface area contributed by atoms with Crippen LogP contribution in [0, 0.1) is 0 Å². The molecule has 2 aliphatic rings. The fourth-order valence-electron chi connectivity index (χ4n) is 2.61. The molecule has 5 heteroatoms. The minimum absolute atomic E-state index is 0.121. The van der Waals surface area contributed by atoms with E-state index in [-0.39, 0.29) is 11.8 Å². The summed E-state index contributed by atoms with van der Waals surface area (Å²) < 4.78 is 1.02. The van der Waals surface area contributed by atoms with Gasteiger partial charge in [0.15, 0.2) is 10.9 Å². The molecule has 0 amide bonds. The van der Waals surface area contributed by atoms with Gasteiger partial charge in [0.05, 0.1) is 6.04 Å². The number of carbonyl (C=O) groups is 1. The van der Waals surface area contributed by atoms with Crippen LogP contribution in [0.1, 0.15) is 30.9 Å². The number of ketones is 1. The Morgan fingerprint density at radius 1 is 1.21 bits per heavy atom. The average Bonchev–Trinajstić information content (AvgIpc) is 2.38. The second kappa shape index (κ2) is 5.06. The molecule has 1 heterocycles. The number of carbonyl (C=O) groups excluding carboxylic acids is 1. The maximum absolute atomic E-state index is 12.2. The lowest BCUT2D eigenvalue weighted by molar-refractivity contribution is -0.116. The van der Waals surface area contributed by atoms with Crippen LogP contribution in [0.4, 0.5) is 0 Å². The Kier molecular flexibility index (Phi) is 3.41. The SMILES string of the molecule is O=C1CCCC2=C1[C@@H](c1ccc(Br)cc1)NC(=S)N2. The quantitative estimate of drug-likeness (QED) is 0.773. The summed E-state index contributed by atoms with van der Waals surface area (Å²) in [5.41, 5.74) is 2.91. The number of halogens is 1. The van der Waals surface area contributed by atoms with Crippen LogP contribution in [0.15, 0.2) is 40.0 Å². The van der Waals surface area contributed by atoms with Gasteiger partial charge in [-0.05, 0) is 42.8 Å². The topological polar surface area (TPSA) is 41.1 Å². The maximum atomic E-state index is 12.2. The van der Waals surface area contributed by atoms with E-state index in [1.165, 1.54) is 0 Å². The van der Waals surface area contributed by atoms with Gasteiger partial charge in [0, 0.05) is 22.2 Å². The van der Waals surface area contributed by atoms with Crippen molar-refractivity contribution in [3.63, 3.8) is 0 Å². The van der Waals surface area contributed by atoms with Gasteiger partial charge in [-0.3, -0.25) is 4.79 Å². The summed E-state index contributed by atoms with van der Waals surface area (Å²) in [6.45, 7) is 0. The number of Topliss-reactive ketones (excluding diaryl/α,β-unsaturated/α-hetero) is 1. The van der Waals surface area contributed by atoms with E-state index >= 15 is 0 Å². The van der Waals surface area contributed by atoms with Gasteiger partial charge in [0.25, 0.3) is 0 Å². The molecule has 1 aromatic carbocycles. The molecular formula is C14H13BrN2OS. The molecule has 2 N–H and O–H groups in total. The van der Waals surface area contributed by atoms with Crippen LogP contribution >= 0.6 is 28.1 Å². The number of thiocarbonyl (C=S) groups is 1. The zero-order valence-electron chi connectivity index (χ0n) is 10.2. The van der Waals surface area contributed by atoms with Crippen molar-refractivity contribution >= 4 is 39.0 Å². The predicted octanol–water partition coefficient (Wildman–Crippen LogP) is 2.98. The first-order valence-corrected chi connectivity index (χ1v) is 7.44. The highest BCUT2D eigenvalue weighted by atomic mass is 79.9. The zero-order valence-corrected chi connectivity index (χ0v) is 12.6. The van der Waals surface area contributed by atoms with E-state index in [0.717, 1.165) is 34.1 Å². The predicted molar refractivity (Wildman–Crippen MR) is 81.6 cm³/mol. The highest BCUT2D eigenvalue weighted by Gasteiger charge is 2.32. The van der Waals surface area contributed by atoms with E-state index in [2.05, 4.69) is 26.6 Å². The lowest BCUT2D eigenvalue weighted by atomic mass is 9.85. The summed E-state index contributed by atoms with van der Waals surface area (Å²) in [6, 6.07) is 7.87. The molecular weight excluding hydrogens is 324 g/mol. The highest BCUT2D eigenvalue weighted by Crippen LogP contribution is 2.33. The number of benzene rings is 1. The monoisotopic (exact) mass is 336 g/mol. The Hall–Kier alpha value is -1.20. The molecule has 0 aromatic heterocycles. The van der Waals surface area contributed by atoms with Crippen LogP contribution in [0.2, 0.25) is 0 Å². The third-order valence-corrected chi connectivity index (χ3v) is 4.24. The van der Waals surface area contributed by atoms with Crippen LogP contribution in [0.5, 0.6) is 0 Å². The van der Waals surface area contributed by atoms with E-state index < -0.39 is 0 Å². The third-order valence-electron chi connectivity index (χ3n) is 3.49. The van der Waals surface area contributed by atoms with E-state index in [9.17, 15) is 4.79 Å². The lowest BCUT2D eigenvalue weighted by Gasteiger charge is -2.33. The van der Waals surface area contributed by atoms with Gasteiger partial charge in [0.1, 0.15) is 0 Å². The Bertz CT molecular complexity index is 580. The van der Waals surface area contributed by atoms with Crippen molar-refractivity contribution in [1.29, 1.82) is 0 Å². The van der Waals surface area contributed by atoms with Gasteiger partial charge in [-0.2, -0.15) is 0 Å². The summed E-state index contributed by atoms with van der Waals surface area (Å²) in [5.74, 6) is 0.219. The molecule has 0 fully saturated rings. The smallest absolute Gasteiger partial charge is 0.171 e. The summed E-state index contributed by atoms with van der Waals surface area (Å²) in [4.78, 5) is 12.2. The van der Waals surface area contributed by atoms with Crippen molar-refractivity contribution in [3.05, 3.63) is 45.6 Å². The molecule has 0 radical (unpaired) electrons. The second-order valence-electron chi connectivity index (χ2n) is 4.75. The Balaban J connectivity index is 2.05. The number of hydrogen-bond acceptors (Lipinski definition) is 2. The fourth-order valence-corrected chi connectivity index (χ4v) is 3.12. The third kappa shape index (κ3) is 2.44. The largest absolute Gasteiger partial charge is 0.351 e. The molecule has 3 nitrogen and oxygen atoms in total. The van der Waals surface area contributed by atoms with Gasteiger partial charge < -0.3 is 10.6 Å². The van der Waals surface area contributed by atoms with Crippen LogP contribution in [-0.2, 0) is 4.79 Å². The Morgan fingerprint density at radius 3 is 2.68 bits per heavy atom. The second-order valence-corrected chi connectivity index (χ2v) is 6.08. The summed E-state index contributed by atoms with van der Waals surface area (Å²) in [5, 5.41) is 6.94. The minimum atomic E-state index is -0.121. The maximum Gasteiger partial charge on any atom is 0.171 e. The number of allylic oxidation sites excluding steroid dienone is 1. The van der Waals surface area contributed by atoms with Gasteiger partial charge in [0.2, 0.25) is 0 Å². The first-order valence-electron chi connectivity index (χ1n) is 6.24. The number of nitrogens with one attached hydrogen (secondary N) is 2. The van der Waals surface area contributed by atoms with Crippen LogP contribution in [-0.4, -0.2) is 10.9 Å². The van der Waals surface area contributed by atoms with Gasteiger partial charge in [-0.15, -0.1) is 0 Å². The lowest BCUT2D eigenvalue weighted by Crippen LogP contribution is -2.46. The molecule has 1 aliphatic heterocycles. The molecule has 0 bridgehead atoms. The normalized spacial score (nSPS) is 22.7. The van der Waals surface area contributed by atoms with E-state index in [0.29, 0.717) is 11.5 Å². The van der Waals surface area contributed by atoms with Crippen LogP contribution in [0.25, 0.3) is 0 Å². The fraction of sp³-hybridized carbons (Fsp3) is 0.286. The van der Waals surface area contributed by atoms with Gasteiger partial charge in [-0.1, -0.05) is 28.1 Å². The molecule has 98 valence electrons. The summed E-state index contributed by atoms with van der Waals surface area (Å²) >= 11 is 8.66. The van der Waals surface area contributed by atoms with E-state index in [1.54, 1.807) is 0 Å². The molecule has 0 spiro atoms. The van der Waals surface area contributed by atoms with Crippen molar-refractivity contribution in [1.82, 2.24) is 10.6 Å². The summed E-state index contributed by atoms with van der Waals surface area (Å²) in [6.07, 6.45) is 2.43. The van der Waals surface area contributed by atoms with Crippen molar-refractivity contribution in [2.24, 2.45) is 0 Å².